The highest BCUT2D eigenvalue weighted by Gasteiger charge is 2.10. The molecule has 0 radical (unpaired) electrons. The van der Waals surface area contributed by atoms with Crippen LogP contribution in [0.5, 0.6) is 0 Å². The van der Waals surface area contributed by atoms with Crippen molar-refractivity contribution in [3.05, 3.63) is 41.6 Å². The molecule has 0 aliphatic rings. The Hall–Kier alpha value is -2.42. The minimum absolute atomic E-state index is 0.247. The number of para-hydroxylation sites is 1. The second-order valence-electron chi connectivity index (χ2n) is 4.02. The van der Waals surface area contributed by atoms with Crippen LogP contribution in [0.15, 0.2) is 30.0 Å². The maximum absolute atomic E-state index is 13.3. The third-order valence-electron chi connectivity index (χ3n) is 2.50. The lowest BCUT2D eigenvalue weighted by Gasteiger charge is -2.06. The minimum atomic E-state index is -0.801. The Labute approximate surface area is 116 Å². The standard InChI is InChI=1S/C14H15F2N3O/c1-2-3-7-18-14(20)10(8-17)9-19-13-11(15)5-4-6-12(13)16/h4-6,9,19H,2-3,7H2,1H3,(H,18,20)/b10-9-. The zero-order valence-corrected chi connectivity index (χ0v) is 11.0. The molecule has 4 nitrogen and oxygen atoms in total. The number of carbonyl (C=O) groups excluding carboxylic acids is 1. The lowest BCUT2D eigenvalue weighted by atomic mass is 10.2. The van der Waals surface area contributed by atoms with Crippen molar-refractivity contribution in [1.82, 2.24) is 5.32 Å². The van der Waals surface area contributed by atoms with E-state index >= 15 is 0 Å². The van der Waals surface area contributed by atoms with Crippen LogP contribution in [0.4, 0.5) is 14.5 Å². The summed E-state index contributed by atoms with van der Waals surface area (Å²) in [5.41, 5.74) is -0.648. The number of halogens is 2. The molecule has 0 bridgehead atoms. The number of benzene rings is 1. The van der Waals surface area contributed by atoms with Crippen LogP contribution < -0.4 is 10.6 Å². The van der Waals surface area contributed by atoms with Gasteiger partial charge >= 0.3 is 0 Å². The summed E-state index contributed by atoms with van der Waals surface area (Å²) >= 11 is 0. The van der Waals surface area contributed by atoms with Crippen molar-refractivity contribution in [2.75, 3.05) is 11.9 Å². The van der Waals surface area contributed by atoms with E-state index in [9.17, 15) is 13.6 Å². The van der Waals surface area contributed by atoms with Gasteiger partial charge in [0.2, 0.25) is 0 Å². The number of unbranched alkanes of at least 4 members (excludes halogenated alkanes) is 1. The van der Waals surface area contributed by atoms with Crippen LogP contribution in [0, 0.1) is 23.0 Å². The molecule has 0 atom stereocenters. The summed E-state index contributed by atoms with van der Waals surface area (Å²) in [7, 11) is 0. The van der Waals surface area contributed by atoms with Gasteiger partial charge in [-0.3, -0.25) is 4.79 Å². The molecule has 1 rings (SSSR count). The number of nitrogens with zero attached hydrogens (tertiary/aromatic N) is 1. The smallest absolute Gasteiger partial charge is 0.263 e. The Morgan fingerprint density at radius 3 is 2.60 bits per heavy atom. The highest BCUT2D eigenvalue weighted by molar-refractivity contribution is 5.97. The van der Waals surface area contributed by atoms with Crippen molar-refractivity contribution < 1.29 is 13.6 Å². The van der Waals surface area contributed by atoms with Gasteiger partial charge in [-0.1, -0.05) is 19.4 Å². The first kappa shape index (κ1) is 15.6. The lowest BCUT2D eigenvalue weighted by molar-refractivity contribution is -0.117. The first-order valence-corrected chi connectivity index (χ1v) is 6.19. The number of nitriles is 1. The zero-order chi connectivity index (χ0) is 15.0. The van der Waals surface area contributed by atoms with E-state index in [4.69, 9.17) is 5.26 Å². The molecule has 2 N–H and O–H groups in total. The van der Waals surface area contributed by atoms with Gasteiger partial charge in [0.1, 0.15) is 29.0 Å². The molecule has 1 aromatic rings. The Morgan fingerprint density at radius 1 is 1.40 bits per heavy atom. The second kappa shape index (κ2) is 7.89. The van der Waals surface area contributed by atoms with E-state index in [1.54, 1.807) is 6.07 Å². The van der Waals surface area contributed by atoms with Crippen molar-refractivity contribution in [3.63, 3.8) is 0 Å². The number of rotatable bonds is 6. The predicted octanol–water partition coefficient (Wildman–Crippen LogP) is 2.70. The second-order valence-corrected chi connectivity index (χ2v) is 4.02. The van der Waals surface area contributed by atoms with Crippen LogP contribution in [0.25, 0.3) is 0 Å². The summed E-state index contributed by atoms with van der Waals surface area (Å²) in [6.45, 7) is 2.41. The number of hydrogen-bond donors (Lipinski definition) is 2. The zero-order valence-electron chi connectivity index (χ0n) is 11.0. The SMILES string of the molecule is CCCCNC(=O)/C(C#N)=C\Nc1c(F)cccc1F. The van der Waals surface area contributed by atoms with Gasteiger partial charge < -0.3 is 10.6 Å². The summed E-state index contributed by atoms with van der Waals surface area (Å²) in [5.74, 6) is -2.18. The molecule has 0 aromatic heterocycles. The average Bonchev–Trinajstić information content (AvgIpc) is 2.42. The van der Waals surface area contributed by atoms with Crippen LogP contribution >= 0.6 is 0 Å². The highest BCUT2D eigenvalue weighted by Crippen LogP contribution is 2.18. The number of anilines is 1. The van der Waals surface area contributed by atoms with E-state index in [2.05, 4.69) is 10.6 Å². The van der Waals surface area contributed by atoms with Crippen LogP contribution in [0.2, 0.25) is 0 Å². The maximum atomic E-state index is 13.3. The number of amides is 1. The molecule has 0 heterocycles. The van der Waals surface area contributed by atoms with Crippen LogP contribution in [0.1, 0.15) is 19.8 Å². The summed E-state index contributed by atoms with van der Waals surface area (Å²) in [6, 6.07) is 5.06. The van der Waals surface area contributed by atoms with Gasteiger partial charge in [0.05, 0.1) is 0 Å². The number of carbonyl (C=O) groups is 1. The molecule has 0 saturated carbocycles. The lowest BCUT2D eigenvalue weighted by Crippen LogP contribution is -2.25. The summed E-state index contributed by atoms with van der Waals surface area (Å²) in [6.07, 6.45) is 2.69. The van der Waals surface area contributed by atoms with Crippen molar-refractivity contribution in [1.29, 1.82) is 5.26 Å². The molecule has 0 aliphatic heterocycles. The van der Waals surface area contributed by atoms with Gasteiger partial charge in [-0.15, -0.1) is 0 Å². The van der Waals surface area contributed by atoms with Gasteiger partial charge in [-0.2, -0.15) is 5.26 Å². The van der Waals surface area contributed by atoms with E-state index in [0.29, 0.717) is 6.54 Å². The Morgan fingerprint density at radius 2 is 2.05 bits per heavy atom. The molecule has 20 heavy (non-hydrogen) atoms. The van der Waals surface area contributed by atoms with Gasteiger partial charge in [0.25, 0.3) is 5.91 Å². The molecular weight excluding hydrogens is 264 g/mol. The summed E-state index contributed by atoms with van der Waals surface area (Å²) < 4.78 is 26.7. The van der Waals surface area contributed by atoms with Crippen molar-refractivity contribution >= 4 is 11.6 Å². The van der Waals surface area contributed by atoms with Crippen molar-refractivity contribution in [2.24, 2.45) is 0 Å². The fourth-order valence-corrected chi connectivity index (χ4v) is 1.40. The van der Waals surface area contributed by atoms with E-state index in [1.165, 1.54) is 6.07 Å². The largest absolute Gasteiger partial charge is 0.355 e. The van der Waals surface area contributed by atoms with E-state index in [-0.39, 0.29) is 5.57 Å². The molecule has 106 valence electrons. The normalized spacial score (nSPS) is 10.8. The maximum Gasteiger partial charge on any atom is 0.263 e. The fraction of sp³-hybridized carbons (Fsp3) is 0.286. The monoisotopic (exact) mass is 279 g/mol. The molecule has 0 fully saturated rings. The van der Waals surface area contributed by atoms with Crippen LogP contribution in [-0.4, -0.2) is 12.5 Å². The molecule has 6 heteroatoms. The Balaban J connectivity index is 2.76. The van der Waals surface area contributed by atoms with Gasteiger partial charge in [0, 0.05) is 12.7 Å². The predicted molar refractivity (Wildman–Crippen MR) is 71.6 cm³/mol. The van der Waals surface area contributed by atoms with E-state index in [1.807, 2.05) is 6.92 Å². The summed E-state index contributed by atoms with van der Waals surface area (Å²) in [4.78, 5) is 11.6. The molecule has 1 amide bonds. The average molecular weight is 279 g/mol. The third-order valence-corrected chi connectivity index (χ3v) is 2.50. The van der Waals surface area contributed by atoms with Crippen LogP contribution in [-0.2, 0) is 4.79 Å². The van der Waals surface area contributed by atoms with E-state index < -0.39 is 23.2 Å². The van der Waals surface area contributed by atoms with Gasteiger partial charge in [-0.25, -0.2) is 8.78 Å². The quantitative estimate of drug-likeness (QED) is 0.478. The number of hydrogen-bond acceptors (Lipinski definition) is 3. The van der Waals surface area contributed by atoms with Crippen molar-refractivity contribution in [3.8, 4) is 6.07 Å². The number of nitrogens with one attached hydrogen (secondary N) is 2. The minimum Gasteiger partial charge on any atom is -0.355 e. The molecular formula is C14H15F2N3O. The first-order chi connectivity index (χ1) is 9.60. The topological polar surface area (TPSA) is 64.9 Å². The van der Waals surface area contributed by atoms with Crippen LogP contribution in [0.3, 0.4) is 0 Å². The Bertz CT molecular complexity index is 530. The molecule has 1 aromatic carbocycles. The Kier molecular flexibility index (Phi) is 6.17. The molecule has 0 saturated heterocycles. The highest BCUT2D eigenvalue weighted by atomic mass is 19.1. The fourth-order valence-electron chi connectivity index (χ4n) is 1.40. The molecule has 0 unspecified atom stereocenters. The summed E-state index contributed by atoms with van der Waals surface area (Å²) in [5, 5.41) is 13.7. The third kappa shape index (κ3) is 4.35. The molecule has 0 aliphatic carbocycles. The molecule has 0 spiro atoms. The first-order valence-electron chi connectivity index (χ1n) is 6.19. The van der Waals surface area contributed by atoms with Gasteiger partial charge in [-0.05, 0) is 18.6 Å². The van der Waals surface area contributed by atoms with Gasteiger partial charge in [0.15, 0.2) is 0 Å². The van der Waals surface area contributed by atoms with Crippen molar-refractivity contribution in [2.45, 2.75) is 19.8 Å². The van der Waals surface area contributed by atoms with E-state index in [0.717, 1.165) is 31.2 Å².